The average molecular weight is 395 g/mol. The largest absolute Gasteiger partial charge is 0.497 e. The number of hydrogen-bond acceptors (Lipinski definition) is 4. The molecule has 0 amide bonds. The molecule has 1 unspecified atom stereocenters. The highest BCUT2D eigenvalue weighted by Crippen LogP contribution is 2.21. The maximum Gasteiger partial charge on any atom is 0.127 e. The van der Waals surface area contributed by atoms with Crippen LogP contribution in [0.3, 0.4) is 0 Å². The molecule has 0 N–H and O–H groups in total. The average Bonchev–Trinajstić information content (AvgIpc) is 3.22. The molecule has 1 atom stereocenters. The van der Waals surface area contributed by atoms with Gasteiger partial charge in [0, 0.05) is 29.6 Å². The number of ether oxygens (including phenoxy) is 1. The van der Waals surface area contributed by atoms with Gasteiger partial charge in [0.05, 0.1) is 18.7 Å². The van der Waals surface area contributed by atoms with Crippen LogP contribution in [-0.4, -0.2) is 18.1 Å². The SMILES string of the molecule is COc1ccc(CN(Cc2cc(C#N)ccc2F)C(C)Cc2cccs2)cc1. The highest BCUT2D eigenvalue weighted by atomic mass is 32.1. The van der Waals surface area contributed by atoms with E-state index in [2.05, 4.69) is 35.4 Å². The van der Waals surface area contributed by atoms with E-state index in [4.69, 9.17) is 10.00 Å². The van der Waals surface area contributed by atoms with Gasteiger partial charge in [-0.25, -0.2) is 4.39 Å². The Labute approximate surface area is 169 Å². The number of methoxy groups -OCH3 is 1. The third-order valence-electron chi connectivity index (χ3n) is 4.79. The molecule has 2 aromatic carbocycles. The first-order valence-electron chi connectivity index (χ1n) is 9.17. The van der Waals surface area contributed by atoms with Crippen LogP contribution in [-0.2, 0) is 19.5 Å². The summed E-state index contributed by atoms with van der Waals surface area (Å²) in [5, 5.41) is 11.2. The number of halogens is 1. The Morgan fingerprint density at radius 2 is 1.93 bits per heavy atom. The molecule has 3 aromatic rings. The third-order valence-corrected chi connectivity index (χ3v) is 5.69. The van der Waals surface area contributed by atoms with E-state index in [0.717, 1.165) is 17.7 Å². The van der Waals surface area contributed by atoms with Crippen molar-refractivity contribution in [1.29, 1.82) is 5.26 Å². The van der Waals surface area contributed by atoms with Crippen LogP contribution in [0.1, 0.15) is 28.5 Å². The molecule has 0 spiro atoms. The Kier molecular flexibility index (Phi) is 6.80. The van der Waals surface area contributed by atoms with Gasteiger partial charge in [-0.15, -0.1) is 11.3 Å². The monoisotopic (exact) mass is 394 g/mol. The molecule has 28 heavy (non-hydrogen) atoms. The van der Waals surface area contributed by atoms with Gasteiger partial charge >= 0.3 is 0 Å². The number of rotatable bonds is 8. The zero-order valence-corrected chi connectivity index (χ0v) is 16.9. The van der Waals surface area contributed by atoms with Crippen molar-refractivity contribution in [2.75, 3.05) is 7.11 Å². The van der Waals surface area contributed by atoms with Crippen LogP contribution in [0.25, 0.3) is 0 Å². The van der Waals surface area contributed by atoms with E-state index >= 15 is 0 Å². The molecule has 0 saturated heterocycles. The number of benzene rings is 2. The molecule has 3 nitrogen and oxygen atoms in total. The quantitative estimate of drug-likeness (QED) is 0.513. The molecule has 1 heterocycles. The molecule has 0 fully saturated rings. The second-order valence-corrected chi connectivity index (χ2v) is 7.84. The van der Waals surface area contributed by atoms with Crippen molar-refractivity contribution in [3.8, 4) is 11.8 Å². The van der Waals surface area contributed by atoms with E-state index in [-0.39, 0.29) is 11.9 Å². The third kappa shape index (κ3) is 5.19. The lowest BCUT2D eigenvalue weighted by Crippen LogP contribution is -2.34. The Morgan fingerprint density at radius 3 is 2.57 bits per heavy atom. The zero-order chi connectivity index (χ0) is 19.9. The van der Waals surface area contributed by atoms with Crippen LogP contribution in [0.2, 0.25) is 0 Å². The number of thiophene rings is 1. The van der Waals surface area contributed by atoms with Gasteiger partial charge in [0.25, 0.3) is 0 Å². The molecule has 0 aliphatic heterocycles. The topological polar surface area (TPSA) is 36.3 Å². The van der Waals surface area contributed by atoms with Crippen molar-refractivity contribution in [2.45, 2.75) is 32.5 Å². The Morgan fingerprint density at radius 1 is 1.14 bits per heavy atom. The molecule has 144 valence electrons. The first-order valence-corrected chi connectivity index (χ1v) is 10.0. The molecular formula is C23H23FN2OS. The fraction of sp³-hybridized carbons (Fsp3) is 0.261. The summed E-state index contributed by atoms with van der Waals surface area (Å²) in [5.74, 6) is 0.539. The van der Waals surface area contributed by atoms with E-state index in [1.807, 2.05) is 24.3 Å². The van der Waals surface area contributed by atoms with Crippen molar-refractivity contribution < 1.29 is 9.13 Å². The van der Waals surface area contributed by atoms with Crippen LogP contribution >= 0.6 is 11.3 Å². The standard InChI is InChI=1S/C23H23FN2OS/c1-17(12-22-4-3-11-28-22)26(15-18-5-8-21(27-2)9-6-18)16-20-13-19(14-25)7-10-23(20)24/h3-11,13,17H,12,15-16H2,1-2H3. The molecule has 3 rings (SSSR count). The second-order valence-electron chi connectivity index (χ2n) is 6.80. The van der Waals surface area contributed by atoms with Gasteiger partial charge in [0.15, 0.2) is 0 Å². The van der Waals surface area contributed by atoms with Gasteiger partial charge in [-0.1, -0.05) is 18.2 Å². The molecule has 0 bridgehead atoms. The lowest BCUT2D eigenvalue weighted by molar-refractivity contribution is 0.187. The minimum absolute atomic E-state index is 0.214. The highest BCUT2D eigenvalue weighted by Gasteiger charge is 2.18. The van der Waals surface area contributed by atoms with E-state index in [9.17, 15) is 4.39 Å². The predicted octanol–water partition coefficient (Wildman–Crippen LogP) is 5.40. The molecule has 0 aliphatic rings. The van der Waals surface area contributed by atoms with Crippen molar-refractivity contribution >= 4 is 11.3 Å². The van der Waals surface area contributed by atoms with Crippen molar-refractivity contribution in [2.24, 2.45) is 0 Å². The second kappa shape index (κ2) is 9.50. The summed E-state index contributed by atoms with van der Waals surface area (Å²) in [6.07, 6.45) is 0.896. The van der Waals surface area contributed by atoms with E-state index in [1.165, 1.54) is 17.0 Å². The van der Waals surface area contributed by atoms with Gasteiger partial charge in [0.2, 0.25) is 0 Å². The maximum atomic E-state index is 14.4. The molecule has 1 aromatic heterocycles. The summed E-state index contributed by atoms with van der Waals surface area (Å²) in [6, 6.07) is 19.0. The summed E-state index contributed by atoms with van der Waals surface area (Å²) in [4.78, 5) is 3.56. The normalized spacial score (nSPS) is 12.0. The van der Waals surface area contributed by atoms with Crippen molar-refractivity contribution in [3.05, 3.63) is 87.4 Å². The summed E-state index contributed by atoms with van der Waals surface area (Å²) in [7, 11) is 1.65. The van der Waals surface area contributed by atoms with Gasteiger partial charge in [-0.3, -0.25) is 4.90 Å². The van der Waals surface area contributed by atoms with Crippen LogP contribution in [0, 0.1) is 17.1 Å². The zero-order valence-electron chi connectivity index (χ0n) is 16.1. The molecule has 0 aliphatic carbocycles. The lowest BCUT2D eigenvalue weighted by Gasteiger charge is -2.29. The van der Waals surface area contributed by atoms with Crippen LogP contribution in [0.5, 0.6) is 5.75 Å². The fourth-order valence-corrected chi connectivity index (χ4v) is 3.99. The summed E-state index contributed by atoms with van der Waals surface area (Å²) in [6.45, 7) is 3.29. The smallest absolute Gasteiger partial charge is 0.127 e. The Balaban J connectivity index is 1.83. The number of hydrogen-bond donors (Lipinski definition) is 0. The van der Waals surface area contributed by atoms with Crippen LogP contribution < -0.4 is 4.74 Å². The van der Waals surface area contributed by atoms with Gasteiger partial charge in [-0.2, -0.15) is 5.26 Å². The summed E-state index contributed by atoms with van der Waals surface area (Å²) < 4.78 is 19.6. The van der Waals surface area contributed by atoms with E-state index in [1.54, 1.807) is 24.5 Å². The first-order chi connectivity index (χ1) is 13.6. The van der Waals surface area contributed by atoms with Gasteiger partial charge in [0.1, 0.15) is 11.6 Å². The lowest BCUT2D eigenvalue weighted by atomic mass is 10.1. The minimum atomic E-state index is -0.276. The predicted molar refractivity (Wildman–Crippen MR) is 111 cm³/mol. The minimum Gasteiger partial charge on any atom is -0.497 e. The van der Waals surface area contributed by atoms with Crippen LogP contribution in [0.4, 0.5) is 4.39 Å². The fourth-order valence-electron chi connectivity index (χ4n) is 3.17. The molecule has 0 radical (unpaired) electrons. The number of nitrogens with zero attached hydrogens (tertiary/aromatic N) is 2. The number of nitriles is 1. The van der Waals surface area contributed by atoms with Crippen molar-refractivity contribution in [1.82, 2.24) is 4.90 Å². The van der Waals surface area contributed by atoms with Crippen LogP contribution in [0.15, 0.2) is 60.0 Å². The van der Waals surface area contributed by atoms with Crippen molar-refractivity contribution in [3.63, 3.8) is 0 Å². The molecular weight excluding hydrogens is 371 g/mol. The molecule has 5 heteroatoms. The summed E-state index contributed by atoms with van der Waals surface area (Å²) in [5.41, 5.74) is 2.16. The van der Waals surface area contributed by atoms with Gasteiger partial charge in [-0.05, 0) is 60.7 Å². The Bertz CT molecular complexity index is 932. The maximum absolute atomic E-state index is 14.4. The highest BCUT2D eigenvalue weighted by molar-refractivity contribution is 7.09. The molecule has 0 saturated carbocycles. The first kappa shape index (κ1) is 20.1. The van der Waals surface area contributed by atoms with E-state index < -0.39 is 0 Å². The Hall–Kier alpha value is -2.68. The summed E-state index contributed by atoms with van der Waals surface area (Å²) >= 11 is 1.74. The van der Waals surface area contributed by atoms with Gasteiger partial charge < -0.3 is 4.74 Å². The van der Waals surface area contributed by atoms with E-state index in [0.29, 0.717) is 24.2 Å².